The number of carbonyl (C=O) groups is 1. The van der Waals surface area contributed by atoms with Gasteiger partial charge in [-0.1, -0.05) is 12.1 Å². The molecule has 0 fully saturated rings. The highest BCUT2D eigenvalue weighted by Crippen LogP contribution is 2.21. The molecular weight excluding hydrogens is 392 g/mol. The second kappa shape index (κ2) is 9.48. The quantitative estimate of drug-likeness (QED) is 0.419. The van der Waals surface area contributed by atoms with E-state index in [1.165, 1.54) is 0 Å². The van der Waals surface area contributed by atoms with E-state index >= 15 is 0 Å². The van der Waals surface area contributed by atoms with Crippen LogP contribution in [-0.2, 0) is 17.9 Å². The molecule has 0 saturated carbocycles. The van der Waals surface area contributed by atoms with Gasteiger partial charge in [0.1, 0.15) is 12.3 Å². The fraction of sp³-hybridized carbons (Fsp3) is 0.250. The predicted molar refractivity (Wildman–Crippen MR) is 114 cm³/mol. The van der Waals surface area contributed by atoms with Gasteiger partial charge in [-0.2, -0.15) is 5.10 Å². The summed E-state index contributed by atoms with van der Waals surface area (Å²) in [6.45, 7) is 7.44. The lowest BCUT2D eigenvalue weighted by Crippen LogP contribution is -2.33. The molecule has 1 N–H and O–H groups in total. The lowest BCUT2D eigenvalue weighted by Gasteiger charge is -2.21. The molecule has 6 nitrogen and oxygen atoms in total. The molecule has 0 aliphatic rings. The largest absolute Gasteiger partial charge is 0.494 e. The fourth-order valence-corrected chi connectivity index (χ4v) is 3.70. The topological polar surface area (TPSA) is 63.1 Å². The van der Waals surface area contributed by atoms with Crippen LogP contribution >= 0.6 is 23.6 Å². The van der Waals surface area contributed by atoms with Crippen molar-refractivity contribution in [1.82, 2.24) is 19.7 Å². The number of aromatic amines is 1. The predicted octanol–water partition coefficient (Wildman–Crippen LogP) is 4.28. The third-order valence-electron chi connectivity index (χ3n) is 4.10. The third kappa shape index (κ3) is 4.76. The molecule has 2 aromatic heterocycles. The van der Waals surface area contributed by atoms with Crippen LogP contribution < -0.4 is 4.74 Å². The third-order valence-corrected chi connectivity index (χ3v) is 5.28. The number of rotatable bonds is 9. The van der Waals surface area contributed by atoms with E-state index in [1.807, 2.05) is 48.7 Å². The van der Waals surface area contributed by atoms with Gasteiger partial charge in [0.05, 0.1) is 13.2 Å². The zero-order valence-electron chi connectivity index (χ0n) is 15.6. The molecule has 0 radical (unpaired) electrons. The van der Waals surface area contributed by atoms with E-state index in [0.29, 0.717) is 30.3 Å². The van der Waals surface area contributed by atoms with Gasteiger partial charge >= 0.3 is 0 Å². The van der Waals surface area contributed by atoms with Gasteiger partial charge in [0.15, 0.2) is 10.6 Å². The van der Waals surface area contributed by atoms with Crippen LogP contribution in [0.2, 0.25) is 0 Å². The lowest BCUT2D eigenvalue weighted by molar-refractivity contribution is -0.131. The van der Waals surface area contributed by atoms with Gasteiger partial charge in [-0.05, 0) is 54.9 Å². The molecule has 3 rings (SSSR count). The number of nitrogens with one attached hydrogen (secondary N) is 1. The van der Waals surface area contributed by atoms with Crippen LogP contribution in [0.1, 0.15) is 11.8 Å². The average Bonchev–Trinajstić information content (AvgIpc) is 3.33. The smallest absolute Gasteiger partial charge is 0.243 e. The molecule has 0 unspecified atom stereocenters. The van der Waals surface area contributed by atoms with Gasteiger partial charge in [0, 0.05) is 17.0 Å². The first-order chi connectivity index (χ1) is 13.6. The summed E-state index contributed by atoms with van der Waals surface area (Å²) >= 11 is 6.98. The van der Waals surface area contributed by atoms with Crippen molar-refractivity contribution in [3.8, 4) is 17.1 Å². The van der Waals surface area contributed by atoms with E-state index < -0.39 is 0 Å². The van der Waals surface area contributed by atoms with Crippen LogP contribution in [0.25, 0.3) is 11.4 Å². The Kier molecular flexibility index (Phi) is 6.78. The maximum Gasteiger partial charge on any atom is 0.243 e. The molecule has 0 spiro atoms. The Balaban J connectivity index is 1.81. The number of carbonyl (C=O) groups excluding carboxylic acids is 1. The van der Waals surface area contributed by atoms with Crippen LogP contribution in [-0.4, -0.2) is 38.7 Å². The fourth-order valence-electron chi connectivity index (χ4n) is 2.79. The summed E-state index contributed by atoms with van der Waals surface area (Å²) in [4.78, 5) is 15.8. The van der Waals surface area contributed by atoms with Crippen LogP contribution in [0.5, 0.6) is 5.75 Å². The zero-order valence-corrected chi connectivity index (χ0v) is 17.3. The number of aromatic nitrogens is 3. The van der Waals surface area contributed by atoms with Crippen molar-refractivity contribution in [3.05, 3.63) is 64.1 Å². The molecule has 1 aromatic carbocycles. The average molecular weight is 415 g/mol. The number of H-pyrrole nitrogens is 1. The number of benzene rings is 1. The van der Waals surface area contributed by atoms with E-state index in [1.54, 1.807) is 26.9 Å². The van der Waals surface area contributed by atoms with Gasteiger partial charge in [-0.25, -0.2) is 0 Å². The molecule has 28 heavy (non-hydrogen) atoms. The SMILES string of the molecule is C=CCN(Cc1cccs1)C(=O)Cn1c(-c2ccc(OCC)cc2)n[nH]c1=S. The molecule has 0 saturated heterocycles. The van der Waals surface area contributed by atoms with Crippen LogP contribution in [0.4, 0.5) is 0 Å². The summed E-state index contributed by atoms with van der Waals surface area (Å²) in [5.74, 6) is 1.37. The lowest BCUT2D eigenvalue weighted by atomic mass is 10.2. The molecule has 0 aliphatic carbocycles. The molecule has 0 aliphatic heterocycles. The summed E-state index contributed by atoms with van der Waals surface area (Å²) in [6.07, 6.45) is 1.73. The minimum Gasteiger partial charge on any atom is -0.494 e. The Labute approximate surface area is 173 Å². The molecule has 146 valence electrons. The van der Waals surface area contributed by atoms with E-state index in [0.717, 1.165) is 16.2 Å². The second-order valence-corrected chi connectivity index (χ2v) is 7.46. The molecule has 3 aromatic rings. The van der Waals surface area contributed by atoms with Gasteiger partial charge in [0.25, 0.3) is 0 Å². The first-order valence-corrected chi connectivity index (χ1v) is 10.2. The number of amides is 1. The Morgan fingerprint density at radius 2 is 2.18 bits per heavy atom. The van der Waals surface area contributed by atoms with Crippen molar-refractivity contribution in [2.24, 2.45) is 0 Å². The van der Waals surface area contributed by atoms with Gasteiger partial charge < -0.3 is 9.64 Å². The number of hydrogen-bond donors (Lipinski definition) is 1. The van der Waals surface area contributed by atoms with Crippen LogP contribution in [0, 0.1) is 4.77 Å². The van der Waals surface area contributed by atoms with Crippen molar-refractivity contribution in [2.75, 3.05) is 13.2 Å². The summed E-state index contributed by atoms with van der Waals surface area (Å²) in [5.41, 5.74) is 0.858. The van der Waals surface area contributed by atoms with Crippen molar-refractivity contribution in [1.29, 1.82) is 0 Å². The van der Waals surface area contributed by atoms with Crippen molar-refractivity contribution >= 4 is 29.5 Å². The zero-order chi connectivity index (χ0) is 19.9. The minimum atomic E-state index is -0.0435. The highest BCUT2D eigenvalue weighted by Gasteiger charge is 2.18. The van der Waals surface area contributed by atoms with E-state index in [9.17, 15) is 4.79 Å². The highest BCUT2D eigenvalue weighted by atomic mass is 32.1. The summed E-state index contributed by atoms with van der Waals surface area (Å²) < 4.78 is 7.61. The Morgan fingerprint density at radius 1 is 1.39 bits per heavy atom. The monoisotopic (exact) mass is 414 g/mol. The molecule has 0 atom stereocenters. The summed E-state index contributed by atoms with van der Waals surface area (Å²) in [7, 11) is 0. The van der Waals surface area contributed by atoms with Gasteiger partial charge in [-0.15, -0.1) is 17.9 Å². The van der Waals surface area contributed by atoms with E-state index in [-0.39, 0.29) is 12.5 Å². The number of ether oxygens (including phenoxy) is 1. The first kappa shape index (κ1) is 20.0. The van der Waals surface area contributed by atoms with Crippen molar-refractivity contribution in [2.45, 2.75) is 20.0 Å². The van der Waals surface area contributed by atoms with E-state index in [2.05, 4.69) is 16.8 Å². The number of thiophene rings is 1. The van der Waals surface area contributed by atoms with Crippen molar-refractivity contribution in [3.63, 3.8) is 0 Å². The summed E-state index contributed by atoms with van der Waals surface area (Å²) in [5, 5.41) is 9.11. The first-order valence-electron chi connectivity index (χ1n) is 8.92. The molecule has 1 amide bonds. The molecule has 8 heteroatoms. The maximum atomic E-state index is 13.0. The minimum absolute atomic E-state index is 0.0435. The molecule has 2 heterocycles. The Bertz CT molecular complexity index is 975. The summed E-state index contributed by atoms with van der Waals surface area (Å²) in [6, 6.07) is 11.6. The maximum absolute atomic E-state index is 13.0. The van der Waals surface area contributed by atoms with Crippen LogP contribution in [0.15, 0.2) is 54.4 Å². The highest BCUT2D eigenvalue weighted by molar-refractivity contribution is 7.71. The van der Waals surface area contributed by atoms with Crippen LogP contribution in [0.3, 0.4) is 0 Å². The van der Waals surface area contributed by atoms with E-state index in [4.69, 9.17) is 17.0 Å². The molecule has 0 bridgehead atoms. The molecular formula is C20H22N4O2S2. The van der Waals surface area contributed by atoms with Gasteiger partial charge in [0.2, 0.25) is 5.91 Å². The van der Waals surface area contributed by atoms with Crippen molar-refractivity contribution < 1.29 is 9.53 Å². The second-order valence-electron chi connectivity index (χ2n) is 6.04. The van der Waals surface area contributed by atoms with Gasteiger partial charge in [-0.3, -0.25) is 14.5 Å². The Morgan fingerprint density at radius 3 is 2.82 bits per heavy atom. The number of nitrogens with zero attached hydrogens (tertiary/aromatic N) is 3. The normalized spacial score (nSPS) is 10.6. The Hall–Kier alpha value is -2.71. The standard InChI is InChI=1S/C20H22N4O2S2/c1-3-11-23(13-17-6-5-12-28-17)18(25)14-24-19(21-22-20(24)27)15-7-9-16(10-8-15)26-4-2/h3,5-10,12H,1,4,11,13-14H2,2H3,(H,22,27). The number of hydrogen-bond acceptors (Lipinski definition) is 5.